The summed E-state index contributed by atoms with van der Waals surface area (Å²) >= 11 is 1.53. The largest absolute Gasteiger partial charge is 0.385 e. The molecule has 1 atom stereocenters. The van der Waals surface area contributed by atoms with Gasteiger partial charge >= 0.3 is 0 Å². The SMILES string of the molecule is COCCCSc1nc(N)c2c(n1)N(Cc1ccccc1)C(C=O)N2. The number of aldehydes is 1. The molecule has 1 aliphatic rings. The third-order valence-electron chi connectivity index (χ3n) is 3.85. The highest BCUT2D eigenvalue weighted by molar-refractivity contribution is 7.99. The van der Waals surface area contributed by atoms with Crippen molar-refractivity contribution >= 4 is 35.4 Å². The van der Waals surface area contributed by atoms with Crippen LogP contribution in [-0.4, -0.2) is 41.9 Å². The van der Waals surface area contributed by atoms with Crippen LogP contribution in [0.3, 0.4) is 0 Å². The molecule has 0 fully saturated rings. The first-order chi connectivity index (χ1) is 12.2. The van der Waals surface area contributed by atoms with Crippen LogP contribution in [0.5, 0.6) is 0 Å². The lowest BCUT2D eigenvalue weighted by atomic mass is 10.2. The summed E-state index contributed by atoms with van der Waals surface area (Å²) < 4.78 is 5.05. The third kappa shape index (κ3) is 4.02. The number of hydrogen-bond acceptors (Lipinski definition) is 8. The van der Waals surface area contributed by atoms with E-state index in [1.165, 1.54) is 11.8 Å². The zero-order chi connectivity index (χ0) is 17.6. The third-order valence-corrected chi connectivity index (χ3v) is 4.78. The van der Waals surface area contributed by atoms with Crippen LogP contribution in [0, 0.1) is 0 Å². The summed E-state index contributed by atoms with van der Waals surface area (Å²) in [5.74, 6) is 1.87. The van der Waals surface area contributed by atoms with Crippen molar-refractivity contribution in [2.24, 2.45) is 0 Å². The maximum Gasteiger partial charge on any atom is 0.191 e. The summed E-state index contributed by atoms with van der Waals surface area (Å²) in [6.07, 6.45) is 1.26. The van der Waals surface area contributed by atoms with E-state index in [1.807, 2.05) is 35.2 Å². The van der Waals surface area contributed by atoms with Crippen LogP contribution in [0.15, 0.2) is 35.5 Å². The highest BCUT2D eigenvalue weighted by atomic mass is 32.2. The van der Waals surface area contributed by atoms with Crippen LogP contribution in [0.25, 0.3) is 0 Å². The van der Waals surface area contributed by atoms with Crippen LogP contribution >= 0.6 is 11.8 Å². The lowest BCUT2D eigenvalue weighted by Gasteiger charge is -2.22. The average molecular weight is 359 g/mol. The molecule has 8 heteroatoms. The minimum Gasteiger partial charge on any atom is -0.385 e. The van der Waals surface area contributed by atoms with E-state index < -0.39 is 6.17 Å². The minimum absolute atomic E-state index is 0.363. The van der Waals surface area contributed by atoms with E-state index in [4.69, 9.17) is 10.5 Å². The van der Waals surface area contributed by atoms with Gasteiger partial charge in [-0.05, 0) is 12.0 Å². The Hall–Kier alpha value is -2.32. The van der Waals surface area contributed by atoms with Crippen LogP contribution < -0.4 is 16.0 Å². The Kier molecular flexibility index (Phi) is 5.72. The smallest absolute Gasteiger partial charge is 0.191 e. The molecular formula is C17H21N5O2S. The molecule has 0 aliphatic carbocycles. The summed E-state index contributed by atoms with van der Waals surface area (Å²) in [6, 6.07) is 9.95. The van der Waals surface area contributed by atoms with E-state index in [1.54, 1.807) is 7.11 Å². The Morgan fingerprint density at radius 3 is 2.88 bits per heavy atom. The fourth-order valence-corrected chi connectivity index (χ4v) is 3.40. The monoisotopic (exact) mass is 359 g/mol. The molecule has 0 saturated heterocycles. The highest BCUT2D eigenvalue weighted by Crippen LogP contribution is 2.38. The van der Waals surface area contributed by atoms with Crippen molar-refractivity contribution in [3.63, 3.8) is 0 Å². The van der Waals surface area contributed by atoms with E-state index in [9.17, 15) is 4.79 Å². The zero-order valence-electron chi connectivity index (χ0n) is 14.0. The Balaban J connectivity index is 1.83. The van der Waals surface area contributed by atoms with Crippen molar-refractivity contribution in [1.29, 1.82) is 0 Å². The number of benzene rings is 1. The lowest BCUT2D eigenvalue weighted by molar-refractivity contribution is -0.108. The first-order valence-electron chi connectivity index (χ1n) is 8.04. The fraction of sp³-hybridized carbons (Fsp3) is 0.353. The average Bonchev–Trinajstić information content (AvgIpc) is 2.98. The summed E-state index contributed by atoms with van der Waals surface area (Å²) in [7, 11) is 1.68. The molecule has 2 heterocycles. The molecule has 7 nitrogen and oxygen atoms in total. The zero-order valence-corrected chi connectivity index (χ0v) is 14.8. The number of thioether (sulfide) groups is 1. The van der Waals surface area contributed by atoms with Gasteiger partial charge in [-0.25, -0.2) is 9.97 Å². The first-order valence-corrected chi connectivity index (χ1v) is 9.03. The second-order valence-electron chi connectivity index (χ2n) is 5.62. The topological polar surface area (TPSA) is 93.4 Å². The molecule has 0 bridgehead atoms. The molecule has 0 radical (unpaired) electrons. The number of methoxy groups -OCH3 is 1. The number of fused-ring (bicyclic) bond motifs is 1. The molecule has 1 unspecified atom stereocenters. The molecular weight excluding hydrogens is 338 g/mol. The summed E-state index contributed by atoms with van der Waals surface area (Å²) in [5.41, 5.74) is 7.79. The van der Waals surface area contributed by atoms with E-state index in [0.29, 0.717) is 35.6 Å². The standard InChI is InChI=1S/C17H21N5O2S/c1-24-8-5-9-25-17-20-15(18)14-16(21-17)22(13(11-23)19-14)10-12-6-3-2-4-7-12/h2-4,6-7,11,13,19H,5,8-10H2,1H3,(H2,18,20,21). The number of hydrogen-bond donors (Lipinski definition) is 2. The second-order valence-corrected chi connectivity index (χ2v) is 6.69. The summed E-state index contributed by atoms with van der Waals surface area (Å²) in [4.78, 5) is 22.4. The van der Waals surface area contributed by atoms with Gasteiger partial charge in [-0.1, -0.05) is 42.1 Å². The summed E-state index contributed by atoms with van der Waals surface area (Å²) in [6.45, 7) is 1.26. The first kappa shape index (κ1) is 17.5. The Morgan fingerprint density at radius 2 is 2.16 bits per heavy atom. The minimum atomic E-state index is -0.499. The highest BCUT2D eigenvalue weighted by Gasteiger charge is 2.32. The number of anilines is 3. The van der Waals surface area contributed by atoms with Gasteiger partial charge in [0.15, 0.2) is 29.2 Å². The number of carbonyl (C=O) groups excluding carboxylic acids is 1. The van der Waals surface area contributed by atoms with Crippen molar-refractivity contribution < 1.29 is 9.53 Å². The molecule has 0 saturated carbocycles. The number of nitrogens with two attached hydrogens (primary N) is 1. The Bertz CT molecular complexity index is 728. The Morgan fingerprint density at radius 1 is 1.36 bits per heavy atom. The van der Waals surface area contributed by atoms with Crippen LogP contribution in [0.1, 0.15) is 12.0 Å². The molecule has 132 valence electrons. The maximum atomic E-state index is 11.5. The van der Waals surface area contributed by atoms with Gasteiger partial charge < -0.3 is 20.7 Å². The molecule has 3 rings (SSSR count). The lowest BCUT2D eigenvalue weighted by Crippen LogP contribution is -2.36. The van der Waals surface area contributed by atoms with Gasteiger partial charge in [-0.15, -0.1) is 0 Å². The van der Waals surface area contributed by atoms with E-state index in [0.717, 1.165) is 24.0 Å². The van der Waals surface area contributed by atoms with Gasteiger partial charge in [0.05, 0.1) is 0 Å². The van der Waals surface area contributed by atoms with Crippen LogP contribution in [0.4, 0.5) is 17.3 Å². The van der Waals surface area contributed by atoms with E-state index >= 15 is 0 Å². The molecule has 1 aromatic heterocycles. The van der Waals surface area contributed by atoms with Gasteiger partial charge in [0, 0.05) is 26.0 Å². The molecule has 25 heavy (non-hydrogen) atoms. The molecule has 0 amide bonds. The number of carbonyl (C=O) groups is 1. The van der Waals surface area contributed by atoms with Gasteiger partial charge in [0.2, 0.25) is 0 Å². The normalized spacial score (nSPS) is 15.7. The number of nitrogens with zero attached hydrogens (tertiary/aromatic N) is 3. The Labute approximate surface area is 151 Å². The molecule has 3 N–H and O–H groups in total. The van der Waals surface area contributed by atoms with Gasteiger partial charge in [-0.2, -0.15) is 0 Å². The van der Waals surface area contributed by atoms with Crippen molar-refractivity contribution in [1.82, 2.24) is 9.97 Å². The van der Waals surface area contributed by atoms with Crippen LogP contribution in [0.2, 0.25) is 0 Å². The predicted octanol–water partition coefficient (Wildman–Crippen LogP) is 2.14. The van der Waals surface area contributed by atoms with Crippen LogP contribution in [-0.2, 0) is 16.1 Å². The molecule has 2 aromatic rings. The van der Waals surface area contributed by atoms with E-state index in [-0.39, 0.29) is 0 Å². The van der Waals surface area contributed by atoms with Crippen molar-refractivity contribution in [3.8, 4) is 0 Å². The number of nitrogens with one attached hydrogen (secondary N) is 1. The van der Waals surface area contributed by atoms with Gasteiger partial charge in [0.1, 0.15) is 5.69 Å². The number of ether oxygens (including phenoxy) is 1. The second kappa shape index (κ2) is 8.17. The summed E-state index contributed by atoms with van der Waals surface area (Å²) in [5, 5.41) is 3.71. The molecule has 1 aliphatic heterocycles. The van der Waals surface area contributed by atoms with Crippen molar-refractivity contribution in [2.75, 3.05) is 35.4 Å². The van der Waals surface area contributed by atoms with E-state index in [2.05, 4.69) is 15.3 Å². The quantitative estimate of drug-likeness (QED) is 0.320. The number of aromatic nitrogens is 2. The number of rotatable bonds is 8. The molecule has 0 spiro atoms. The fourth-order valence-electron chi connectivity index (χ4n) is 2.64. The van der Waals surface area contributed by atoms with Crippen molar-refractivity contribution in [3.05, 3.63) is 35.9 Å². The number of nitrogen functional groups attached to an aromatic ring is 1. The predicted molar refractivity (Wildman–Crippen MR) is 99.8 cm³/mol. The molecule has 1 aromatic carbocycles. The van der Waals surface area contributed by atoms with Gasteiger partial charge in [-0.3, -0.25) is 4.79 Å². The van der Waals surface area contributed by atoms with Gasteiger partial charge in [0.25, 0.3) is 0 Å². The van der Waals surface area contributed by atoms with Crippen molar-refractivity contribution in [2.45, 2.75) is 24.3 Å². The maximum absolute atomic E-state index is 11.5.